The molecule has 0 saturated heterocycles. The number of phenols is 1. The van der Waals surface area contributed by atoms with E-state index in [0.29, 0.717) is 18.9 Å². The van der Waals surface area contributed by atoms with Gasteiger partial charge < -0.3 is 15.2 Å². The van der Waals surface area contributed by atoms with Crippen molar-refractivity contribution < 1.29 is 14.2 Å². The van der Waals surface area contributed by atoms with E-state index < -0.39 is 0 Å². The molecule has 21 heavy (non-hydrogen) atoms. The molecule has 2 aromatic carbocycles. The Kier molecular flexibility index (Phi) is 5.58. The summed E-state index contributed by atoms with van der Waals surface area (Å²) in [6.45, 7) is 3.83. The van der Waals surface area contributed by atoms with E-state index in [1.807, 2.05) is 25.1 Å². The first kappa shape index (κ1) is 15.3. The van der Waals surface area contributed by atoms with Gasteiger partial charge in [0.15, 0.2) is 11.5 Å². The predicted octanol–water partition coefficient (Wildman–Crippen LogP) is 3.26. The summed E-state index contributed by atoms with van der Waals surface area (Å²) in [6.07, 6.45) is 0.772. The Balaban J connectivity index is 1.82. The summed E-state index contributed by atoms with van der Waals surface area (Å²) in [6, 6.07) is 11.9. The minimum absolute atomic E-state index is 0.153. The molecule has 2 N–H and O–H groups in total. The fraction of sp³-hybridized carbons (Fsp3) is 0.294. The van der Waals surface area contributed by atoms with E-state index in [1.54, 1.807) is 18.2 Å². The van der Waals surface area contributed by atoms with Gasteiger partial charge in [0.2, 0.25) is 0 Å². The van der Waals surface area contributed by atoms with Crippen LogP contribution in [0.25, 0.3) is 0 Å². The van der Waals surface area contributed by atoms with Crippen LogP contribution in [-0.4, -0.2) is 18.3 Å². The van der Waals surface area contributed by atoms with Crippen molar-refractivity contribution in [1.82, 2.24) is 5.32 Å². The van der Waals surface area contributed by atoms with Crippen LogP contribution in [0.15, 0.2) is 42.5 Å². The molecule has 0 atom stereocenters. The molecule has 0 aliphatic heterocycles. The summed E-state index contributed by atoms with van der Waals surface area (Å²) in [5.41, 5.74) is 2.01. The Hall–Kier alpha value is -2.07. The van der Waals surface area contributed by atoms with E-state index in [4.69, 9.17) is 4.74 Å². The molecule has 0 aliphatic carbocycles. The molecule has 0 spiro atoms. The number of hydrogen-bond donors (Lipinski definition) is 2. The summed E-state index contributed by atoms with van der Waals surface area (Å²) in [7, 11) is 0. The first-order chi connectivity index (χ1) is 10.2. The number of hydrogen-bond acceptors (Lipinski definition) is 3. The second-order valence-electron chi connectivity index (χ2n) is 4.79. The number of aromatic hydroxyl groups is 1. The van der Waals surface area contributed by atoms with Crippen LogP contribution in [-0.2, 0) is 13.0 Å². The Morgan fingerprint density at radius 2 is 2.00 bits per heavy atom. The third-order valence-electron chi connectivity index (χ3n) is 3.13. The zero-order valence-corrected chi connectivity index (χ0v) is 12.1. The van der Waals surface area contributed by atoms with Crippen LogP contribution in [0, 0.1) is 5.82 Å². The molecule has 2 rings (SSSR count). The van der Waals surface area contributed by atoms with Crippen LogP contribution < -0.4 is 10.1 Å². The first-order valence-corrected chi connectivity index (χ1v) is 7.09. The number of halogens is 1. The molecule has 0 radical (unpaired) electrons. The summed E-state index contributed by atoms with van der Waals surface area (Å²) < 4.78 is 18.4. The van der Waals surface area contributed by atoms with Gasteiger partial charge >= 0.3 is 0 Å². The third kappa shape index (κ3) is 4.76. The topological polar surface area (TPSA) is 41.5 Å². The highest BCUT2D eigenvalue weighted by atomic mass is 19.1. The monoisotopic (exact) mass is 289 g/mol. The molecule has 0 aromatic heterocycles. The van der Waals surface area contributed by atoms with Gasteiger partial charge in [0.25, 0.3) is 0 Å². The van der Waals surface area contributed by atoms with Crippen LogP contribution in [0.1, 0.15) is 18.1 Å². The molecule has 0 bridgehead atoms. The molecular weight excluding hydrogens is 269 g/mol. The van der Waals surface area contributed by atoms with Crippen molar-refractivity contribution in [1.29, 1.82) is 0 Å². The van der Waals surface area contributed by atoms with Gasteiger partial charge in [-0.2, -0.15) is 0 Å². The lowest BCUT2D eigenvalue weighted by Gasteiger charge is -2.09. The molecule has 4 heteroatoms. The fourth-order valence-corrected chi connectivity index (χ4v) is 2.10. The first-order valence-electron chi connectivity index (χ1n) is 7.09. The lowest BCUT2D eigenvalue weighted by Crippen LogP contribution is -2.16. The number of nitrogens with one attached hydrogen (secondary N) is 1. The van der Waals surface area contributed by atoms with Gasteiger partial charge in [-0.1, -0.05) is 18.2 Å². The van der Waals surface area contributed by atoms with Gasteiger partial charge in [0.1, 0.15) is 5.82 Å². The molecular formula is C17H20FNO2. The van der Waals surface area contributed by atoms with E-state index in [2.05, 4.69) is 5.32 Å². The molecule has 0 fully saturated rings. The Labute approximate surface area is 124 Å². The van der Waals surface area contributed by atoms with Gasteiger partial charge in [-0.15, -0.1) is 0 Å². The normalized spacial score (nSPS) is 10.6. The summed E-state index contributed by atoms with van der Waals surface area (Å²) in [5.74, 6) is 0.453. The van der Waals surface area contributed by atoms with Crippen molar-refractivity contribution in [3.63, 3.8) is 0 Å². The van der Waals surface area contributed by atoms with E-state index in [1.165, 1.54) is 6.07 Å². The highest BCUT2D eigenvalue weighted by Gasteiger charge is 2.03. The van der Waals surface area contributed by atoms with Crippen molar-refractivity contribution >= 4 is 0 Å². The van der Waals surface area contributed by atoms with Crippen LogP contribution >= 0.6 is 0 Å². The second-order valence-corrected chi connectivity index (χ2v) is 4.79. The minimum atomic E-state index is -0.201. The van der Waals surface area contributed by atoms with Crippen molar-refractivity contribution in [2.24, 2.45) is 0 Å². The maximum atomic E-state index is 13.0. The minimum Gasteiger partial charge on any atom is -0.504 e. The zero-order valence-electron chi connectivity index (χ0n) is 12.1. The van der Waals surface area contributed by atoms with Crippen LogP contribution in [0.5, 0.6) is 11.5 Å². The largest absolute Gasteiger partial charge is 0.504 e. The van der Waals surface area contributed by atoms with E-state index >= 15 is 0 Å². The molecule has 0 aliphatic rings. The lowest BCUT2D eigenvalue weighted by molar-refractivity contribution is 0.317. The zero-order chi connectivity index (χ0) is 15.1. The van der Waals surface area contributed by atoms with Crippen LogP contribution in [0.4, 0.5) is 4.39 Å². The fourth-order valence-electron chi connectivity index (χ4n) is 2.10. The smallest absolute Gasteiger partial charge is 0.161 e. The highest BCUT2D eigenvalue weighted by molar-refractivity contribution is 5.41. The quantitative estimate of drug-likeness (QED) is 0.769. The Bertz CT molecular complexity index is 587. The molecule has 0 saturated carbocycles. The maximum absolute atomic E-state index is 13.0. The molecule has 3 nitrogen and oxygen atoms in total. The van der Waals surface area contributed by atoms with Crippen LogP contribution in [0.2, 0.25) is 0 Å². The Morgan fingerprint density at radius 1 is 1.14 bits per heavy atom. The van der Waals surface area contributed by atoms with Gasteiger partial charge in [-0.25, -0.2) is 4.39 Å². The molecule has 0 unspecified atom stereocenters. The van der Waals surface area contributed by atoms with E-state index in [9.17, 15) is 9.50 Å². The van der Waals surface area contributed by atoms with Gasteiger partial charge in [0, 0.05) is 6.54 Å². The average Bonchev–Trinajstić information content (AvgIpc) is 2.47. The number of ether oxygens (including phenoxy) is 1. The summed E-state index contributed by atoms with van der Waals surface area (Å²) >= 11 is 0. The predicted molar refractivity (Wildman–Crippen MR) is 81.1 cm³/mol. The number of benzene rings is 2. The molecule has 0 amide bonds. The Morgan fingerprint density at radius 3 is 2.76 bits per heavy atom. The van der Waals surface area contributed by atoms with Crippen molar-refractivity contribution in [3.8, 4) is 11.5 Å². The number of phenolic OH excluding ortho intramolecular Hbond substituents is 1. The third-order valence-corrected chi connectivity index (χ3v) is 3.13. The highest BCUT2D eigenvalue weighted by Crippen LogP contribution is 2.26. The standard InChI is InChI=1S/C17H20FNO2/c1-2-21-17-11-14(6-7-16(17)20)12-19-9-8-13-4-3-5-15(18)10-13/h3-7,10-11,19-20H,2,8-9,12H2,1H3. The van der Waals surface area contributed by atoms with E-state index in [-0.39, 0.29) is 11.6 Å². The van der Waals surface area contributed by atoms with Gasteiger partial charge in [-0.05, 0) is 55.3 Å². The van der Waals surface area contributed by atoms with Crippen molar-refractivity contribution in [3.05, 3.63) is 59.4 Å². The lowest BCUT2D eigenvalue weighted by atomic mass is 10.1. The average molecular weight is 289 g/mol. The molecule has 2 aromatic rings. The van der Waals surface area contributed by atoms with E-state index in [0.717, 1.165) is 24.1 Å². The summed E-state index contributed by atoms with van der Waals surface area (Å²) in [5, 5.41) is 12.9. The molecule has 112 valence electrons. The number of rotatable bonds is 7. The van der Waals surface area contributed by atoms with Gasteiger partial charge in [-0.3, -0.25) is 0 Å². The van der Waals surface area contributed by atoms with Crippen LogP contribution in [0.3, 0.4) is 0 Å². The molecule has 0 heterocycles. The van der Waals surface area contributed by atoms with Crippen molar-refractivity contribution in [2.75, 3.05) is 13.2 Å². The van der Waals surface area contributed by atoms with Crippen molar-refractivity contribution in [2.45, 2.75) is 19.9 Å². The van der Waals surface area contributed by atoms with Gasteiger partial charge in [0.05, 0.1) is 6.61 Å². The SMILES string of the molecule is CCOc1cc(CNCCc2cccc(F)c2)ccc1O. The maximum Gasteiger partial charge on any atom is 0.161 e. The summed E-state index contributed by atoms with van der Waals surface area (Å²) in [4.78, 5) is 0. The second kappa shape index (κ2) is 7.64.